The molecule has 1 aromatic carbocycles. The molecule has 0 saturated carbocycles. The van der Waals surface area contributed by atoms with Gasteiger partial charge in [-0.15, -0.1) is 0 Å². The zero-order valence-corrected chi connectivity index (χ0v) is 14.8. The predicted octanol–water partition coefficient (Wildman–Crippen LogP) is 2.11. The monoisotopic (exact) mass is 322 g/mol. The second kappa shape index (κ2) is 7.65. The summed E-state index contributed by atoms with van der Waals surface area (Å²) in [6, 6.07) is 8.48. The Labute approximate surface area is 144 Å². The van der Waals surface area contributed by atoms with Crippen LogP contribution in [0.3, 0.4) is 0 Å². The minimum absolute atomic E-state index is 0.981. The average molecular weight is 322 g/mol. The molecule has 3 heteroatoms. The molecule has 2 aliphatic rings. The van der Waals surface area contributed by atoms with Crippen LogP contribution in [0.2, 0.25) is 0 Å². The van der Waals surface area contributed by atoms with Gasteiger partial charge in [-0.1, -0.05) is 32.1 Å². The Balaban J connectivity index is 0.000000815. The average Bonchev–Trinajstić information content (AvgIpc) is 3.05. The zero-order chi connectivity index (χ0) is 16.9. The number of rotatable bonds is 2. The molecule has 0 fully saturated rings. The summed E-state index contributed by atoms with van der Waals surface area (Å²) in [6.45, 7) is 6.06. The topological polar surface area (TPSA) is 44.6 Å². The van der Waals surface area contributed by atoms with Crippen molar-refractivity contribution in [3.8, 4) is 5.69 Å². The van der Waals surface area contributed by atoms with Crippen LogP contribution in [-0.2, 0) is 0 Å². The van der Waals surface area contributed by atoms with Crippen LogP contribution < -0.4 is 21.6 Å². The van der Waals surface area contributed by atoms with E-state index in [9.17, 15) is 0 Å². The lowest BCUT2D eigenvalue weighted by Gasteiger charge is -2.13. The molecule has 1 aromatic heterocycles. The Morgan fingerprint density at radius 2 is 1.75 bits per heavy atom. The maximum atomic E-state index is 3.98. The summed E-state index contributed by atoms with van der Waals surface area (Å²) < 4.78 is 2.34. The van der Waals surface area contributed by atoms with Gasteiger partial charge in [0.25, 0.3) is 0 Å². The molecule has 0 unspecified atom stereocenters. The van der Waals surface area contributed by atoms with Crippen molar-refractivity contribution < 1.29 is 5.73 Å². The van der Waals surface area contributed by atoms with Crippen molar-refractivity contribution in [1.82, 2.24) is 9.88 Å². The van der Waals surface area contributed by atoms with Gasteiger partial charge in [-0.25, -0.2) is 0 Å². The van der Waals surface area contributed by atoms with Gasteiger partial charge in [0.1, 0.15) is 5.69 Å². The van der Waals surface area contributed by atoms with E-state index in [1.807, 2.05) is 13.8 Å². The summed E-state index contributed by atoms with van der Waals surface area (Å²) in [6.07, 6.45) is 12.8. The number of hydrogen-bond donors (Lipinski definition) is 2. The van der Waals surface area contributed by atoms with E-state index in [-0.39, 0.29) is 0 Å². The molecule has 2 aromatic rings. The fourth-order valence-electron chi connectivity index (χ4n) is 3.40. The summed E-state index contributed by atoms with van der Waals surface area (Å²) in [4.78, 5) is 0. The van der Waals surface area contributed by atoms with Gasteiger partial charge in [-0.05, 0) is 43.5 Å². The molecule has 0 amide bonds. The SMILES string of the molecule is CC.[NH3+]c1ccc(-n2cc(C3=CCNCC3)c3c2=CCCC=3)cc1. The smallest absolute Gasteiger partial charge is 0.128 e. The molecule has 0 saturated heterocycles. The van der Waals surface area contributed by atoms with Gasteiger partial charge in [-0.2, -0.15) is 0 Å². The van der Waals surface area contributed by atoms with Crippen LogP contribution >= 0.6 is 0 Å². The summed E-state index contributed by atoms with van der Waals surface area (Å²) >= 11 is 0. The number of aromatic nitrogens is 1. The number of benzene rings is 1. The van der Waals surface area contributed by atoms with E-state index in [0.29, 0.717) is 0 Å². The molecule has 0 spiro atoms. The number of nitrogens with one attached hydrogen (secondary N) is 1. The fraction of sp³-hybridized carbons (Fsp3) is 0.333. The van der Waals surface area contributed by atoms with Crippen molar-refractivity contribution in [3.63, 3.8) is 0 Å². The highest BCUT2D eigenvalue weighted by Gasteiger charge is 2.13. The molecular formula is C21H28N3+. The van der Waals surface area contributed by atoms with E-state index < -0.39 is 0 Å². The highest BCUT2D eigenvalue weighted by atomic mass is 15.0. The van der Waals surface area contributed by atoms with Crippen LogP contribution in [0.25, 0.3) is 23.4 Å². The van der Waals surface area contributed by atoms with Gasteiger partial charge >= 0.3 is 0 Å². The molecule has 0 atom stereocenters. The fourth-order valence-corrected chi connectivity index (χ4v) is 3.40. The number of hydrogen-bond acceptors (Lipinski definition) is 1. The first-order valence-corrected chi connectivity index (χ1v) is 9.07. The minimum Gasteiger partial charge on any atom is -0.325 e. The van der Waals surface area contributed by atoms with Crippen LogP contribution in [0.1, 0.15) is 38.7 Å². The lowest BCUT2D eigenvalue weighted by Crippen LogP contribution is -2.40. The van der Waals surface area contributed by atoms with Crippen molar-refractivity contribution in [2.75, 3.05) is 13.1 Å². The van der Waals surface area contributed by atoms with Crippen LogP contribution in [0.4, 0.5) is 5.69 Å². The Kier molecular flexibility index (Phi) is 5.34. The van der Waals surface area contributed by atoms with E-state index in [2.05, 4.69) is 64.3 Å². The first-order valence-electron chi connectivity index (χ1n) is 9.07. The van der Waals surface area contributed by atoms with Gasteiger partial charge in [-0.3, -0.25) is 0 Å². The second-order valence-electron chi connectivity index (χ2n) is 6.05. The molecule has 0 bridgehead atoms. The maximum Gasteiger partial charge on any atom is 0.128 e. The summed E-state index contributed by atoms with van der Waals surface area (Å²) in [5, 5.41) is 6.16. The number of nitrogens with zero attached hydrogens (tertiary/aromatic N) is 1. The zero-order valence-electron chi connectivity index (χ0n) is 14.8. The third-order valence-corrected chi connectivity index (χ3v) is 4.56. The van der Waals surface area contributed by atoms with Crippen molar-refractivity contribution in [2.24, 2.45) is 0 Å². The van der Waals surface area contributed by atoms with Crippen molar-refractivity contribution >= 4 is 23.4 Å². The summed E-state index contributed by atoms with van der Waals surface area (Å²) in [7, 11) is 0. The molecule has 1 aliphatic heterocycles. The van der Waals surface area contributed by atoms with Crippen LogP contribution in [0.5, 0.6) is 0 Å². The molecule has 4 N–H and O–H groups in total. The first-order chi connectivity index (χ1) is 11.8. The van der Waals surface area contributed by atoms with Crippen LogP contribution in [-0.4, -0.2) is 17.7 Å². The van der Waals surface area contributed by atoms with E-state index >= 15 is 0 Å². The molecular weight excluding hydrogens is 294 g/mol. The molecule has 24 heavy (non-hydrogen) atoms. The molecule has 4 rings (SSSR count). The van der Waals surface area contributed by atoms with Crippen molar-refractivity contribution in [1.29, 1.82) is 0 Å². The molecule has 126 valence electrons. The van der Waals surface area contributed by atoms with E-state index in [0.717, 1.165) is 38.0 Å². The molecule has 2 heterocycles. The van der Waals surface area contributed by atoms with Crippen molar-refractivity contribution in [2.45, 2.75) is 33.1 Å². The van der Waals surface area contributed by atoms with Crippen LogP contribution in [0.15, 0.2) is 36.5 Å². The Morgan fingerprint density at radius 3 is 2.46 bits per heavy atom. The number of fused-ring (bicyclic) bond motifs is 1. The first kappa shape index (κ1) is 16.7. The Morgan fingerprint density at radius 1 is 1.00 bits per heavy atom. The van der Waals surface area contributed by atoms with E-state index in [1.165, 1.54) is 27.4 Å². The van der Waals surface area contributed by atoms with Crippen molar-refractivity contribution in [3.05, 3.63) is 52.7 Å². The van der Waals surface area contributed by atoms with Gasteiger partial charge in [0.2, 0.25) is 0 Å². The summed E-state index contributed by atoms with van der Waals surface area (Å²) in [5.74, 6) is 0. The molecule has 3 nitrogen and oxygen atoms in total. The standard InChI is InChI=1S/C19H21N3.C2H6/c20-15-5-7-16(8-6-15)22-13-18(14-9-11-21-12-10-14)17-3-1-2-4-19(17)22;1-2/h3-9,13,21H,1-2,10-12,20H2;1-2H3/p+1. The molecule has 0 radical (unpaired) electrons. The van der Waals surface area contributed by atoms with E-state index in [1.54, 1.807) is 0 Å². The lowest BCUT2D eigenvalue weighted by molar-refractivity contribution is -0.254. The predicted molar refractivity (Wildman–Crippen MR) is 103 cm³/mol. The van der Waals surface area contributed by atoms with Gasteiger partial charge in [0.15, 0.2) is 0 Å². The van der Waals surface area contributed by atoms with E-state index in [4.69, 9.17) is 0 Å². The summed E-state index contributed by atoms with van der Waals surface area (Å²) in [5.41, 5.74) is 9.15. The quantitative estimate of drug-likeness (QED) is 0.874. The minimum atomic E-state index is 0.981. The Hall–Kier alpha value is -2.10. The highest BCUT2D eigenvalue weighted by molar-refractivity contribution is 5.69. The van der Waals surface area contributed by atoms with Gasteiger partial charge in [0, 0.05) is 46.7 Å². The Bertz CT molecular complexity index is 838. The third kappa shape index (κ3) is 3.23. The third-order valence-electron chi connectivity index (χ3n) is 4.56. The maximum absolute atomic E-state index is 3.98. The highest BCUT2D eigenvalue weighted by Crippen LogP contribution is 2.18. The lowest BCUT2D eigenvalue weighted by atomic mass is 9.99. The normalized spacial score (nSPS) is 16.0. The number of quaternary nitrogens is 1. The van der Waals surface area contributed by atoms with Gasteiger partial charge in [0.05, 0.1) is 0 Å². The molecule has 1 aliphatic carbocycles. The second-order valence-corrected chi connectivity index (χ2v) is 6.05. The van der Waals surface area contributed by atoms with Gasteiger partial charge < -0.3 is 15.6 Å². The van der Waals surface area contributed by atoms with Crippen LogP contribution in [0, 0.1) is 0 Å². The largest absolute Gasteiger partial charge is 0.325 e.